The molecule has 0 atom stereocenters. The molecule has 0 aliphatic heterocycles. The molecule has 7 heteroatoms. The summed E-state index contributed by atoms with van der Waals surface area (Å²) in [6, 6.07) is 1.51. The van der Waals surface area contributed by atoms with Crippen LogP contribution < -0.4 is 5.32 Å². The fourth-order valence-corrected chi connectivity index (χ4v) is 2.35. The third-order valence-electron chi connectivity index (χ3n) is 2.27. The minimum Gasteiger partial charge on any atom is -0.370 e. The van der Waals surface area contributed by atoms with Gasteiger partial charge in [-0.15, -0.1) is 0 Å². The summed E-state index contributed by atoms with van der Waals surface area (Å²) in [4.78, 5) is 7.82. The van der Waals surface area contributed by atoms with Gasteiger partial charge in [0.1, 0.15) is 12.1 Å². The average Bonchev–Trinajstić information content (AvgIpc) is 2.78. The second kappa shape index (κ2) is 4.93. The van der Waals surface area contributed by atoms with E-state index in [9.17, 15) is 13.2 Å². The van der Waals surface area contributed by atoms with Crippen LogP contribution in [0.4, 0.5) is 19.0 Å². The van der Waals surface area contributed by atoms with Gasteiger partial charge in [0, 0.05) is 28.9 Å². The fraction of sp³-hybridized carbons (Fsp3) is 0.273. The van der Waals surface area contributed by atoms with Crippen molar-refractivity contribution >= 4 is 17.2 Å². The van der Waals surface area contributed by atoms with Crippen molar-refractivity contribution in [3.05, 3.63) is 28.7 Å². The van der Waals surface area contributed by atoms with Crippen LogP contribution in [0.5, 0.6) is 0 Å². The predicted octanol–water partition coefficient (Wildman–Crippen LogP) is 3.66. The Kier molecular flexibility index (Phi) is 3.51. The van der Waals surface area contributed by atoms with E-state index in [2.05, 4.69) is 15.3 Å². The van der Waals surface area contributed by atoms with E-state index in [0.29, 0.717) is 12.4 Å². The Morgan fingerprint density at radius 1 is 1.28 bits per heavy atom. The van der Waals surface area contributed by atoms with Crippen molar-refractivity contribution in [3.63, 3.8) is 0 Å². The van der Waals surface area contributed by atoms with Crippen LogP contribution in [0, 0.1) is 0 Å². The van der Waals surface area contributed by atoms with Crippen molar-refractivity contribution in [3.8, 4) is 11.3 Å². The molecule has 0 aromatic carbocycles. The molecule has 96 valence electrons. The molecule has 0 saturated carbocycles. The third kappa shape index (κ3) is 2.61. The molecule has 2 rings (SSSR count). The van der Waals surface area contributed by atoms with Gasteiger partial charge in [-0.05, 0) is 6.92 Å². The van der Waals surface area contributed by atoms with Crippen molar-refractivity contribution in [2.75, 3.05) is 11.9 Å². The molecule has 3 nitrogen and oxygen atoms in total. The molecule has 0 radical (unpaired) electrons. The Hall–Kier alpha value is -1.63. The number of rotatable bonds is 3. The van der Waals surface area contributed by atoms with Crippen molar-refractivity contribution in [2.24, 2.45) is 0 Å². The van der Waals surface area contributed by atoms with Crippen LogP contribution >= 0.6 is 11.3 Å². The van der Waals surface area contributed by atoms with Gasteiger partial charge in [0.25, 0.3) is 0 Å². The minimum absolute atomic E-state index is 0.0917. The number of nitrogens with one attached hydrogen (secondary N) is 1. The quantitative estimate of drug-likeness (QED) is 0.927. The second-order valence-corrected chi connectivity index (χ2v) is 4.26. The number of alkyl halides is 3. The molecule has 2 aromatic rings. The van der Waals surface area contributed by atoms with Gasteiger partial charge in [0.2, 0.25) is 0 Å². The number of thiophene rings is 1. The van der Waals surface area contributed by atoms with Crippen LogP contribution in [-0.2, 0) is 6.18 Å². The lowest BCUT2D eigenvalue weighted by Crippen LogP contribution is -2.06. The molecule has 2 aromatic heterocycles. The number of hydrogen-bond donors (Lipinski definition) is 1. The highest BCUT2D eigenvalue weighted by molar-refractivity contribution is 7.08. The molecule has 0 aliphatic carbocycles. The van der Waals surface area contributed by atoms with Gasteiger partial charge in [-0.2, -0.15) is 24.5 Å². The standard InChI is InChI=1S/C11H10F3N3S/c1-2-15-10-3-9(16-6-17-10)7-4-18-5-8(7)11(12,13)14/h3-6H,2H2,1H3,(H,15,16,17). The topological polar surface area (TPSA) is 37.8 Å². The second-order valence-electron chi connectivity index (χ2n) is 3.52. The van der Waals surface area contributed by atoms with Crippen LogP contribution in [0.3, 0.4) is 0 Å². The first-order valence-corrected chi connectivity index (χ1v) is 6.16. The van der Waals surface area contributed by atoms with E-state index >= 15 is 0 Å². The third-order valence-corrected chi connectivity index (χ3v) is 3.01. The Balaban J connectivity index is 2.43. The van der Waals surface area contributed by atoms with Crippen LogP contribution in [-0.4, -0.2) is 16.5 Å². The van der Waals surface area contributed by atoms with Crippen LogP contribution in [0.15, 0.2) is 23.2 Å². The highest BCUT2D eigenvalue weighted by Gasteiger charge is 2.34. The largest absolute Gasteiger partial charge is 0.417 e. The summed E-state index contributed by atoms with van der Waals surface area (Å²) >= 11 is 1.01. The fourth-order valence-electron chi connectivity index (χ4n) is 1.50. The maximum Gasteiger partial charge on any atom is 0.417 e. The van der Waals surface area contributed by atoms with Crippen molar-refractivity contribution in [1.29, 1.82) is 0 Å². The van der Waals surface area contributed by atoms with Crippen LogP contribution in [0.2, 0.25) is 0 Å². The first kappa shape index (κ1) is 12.8. The monoisotopic (exact) mass is 273 g/mol. The molecule has 2 heterocycles. The summed E-state index contributed by atoms with van der Waals surface area (Å²) in [6.45, 7) is 2.53. The number of nitrogens with zero attached hydrogens (tertiary/aromatic N) is 2. The van der Waals surface area contributed by atoms with Gasteiger partial charge in [-0.3, -0.25) is 0 Å². The molecule has 0 amide bonds. The Morgan fingerprint density at radius 3 is 2.72 bits per heavy atom. The molecule has 0 spiro atoms. The lowest BCUT2D eigenvalue weighted by molar-refractivity contribution is -0.136. The number of aromatic nitrogens is 2. The zero-order valence-electron chi connectivity index (χ0n) is 9.45. The summed E-state index contributed by atoms with van der Waals surface area (Å²) in [5.41, 5.74) is -0.294. The normalized spacial score (nSPS) is 11.6. The van der Waals surface area contributed by atoms with Gasteiger partial charge in [-0.1, -0.05) is 0 Å². The highest BCUT2D eigenvalue weighted by atomic mass is 32.1. The van der Waals surface area contributed by atoms with Gasteiger partial charge < -0.3 is 5.32 Å². The Morgan fingerprint density at radius 2 is 2.06 bits per heavy atom. The van der Waals surface area contributed by atoms with E-state index in [1.165, 1.54) is 17.8 Å². The lowest BCUT2D eigenvalue weighted by Gasteiger charge is -2.08. The smallest absolute Gasteiger partial charge is 0.370 e. The molecule has 0 unspecified atom stereocenters. The summed E-state index contributed by atoms with van der Waals surface area (Å²) in [6.07, 6.45) is -3.11. The van der Waals surface area contributed by atoms with Crippen molar-refractivity contribution < 1.29 is 13.2 Å². The Labute approximate surface area is 106 Å². The first-order valence-electron chi connectivity index (χ1n) is 5.22. The summed E-state index contributed by atoms with van der Waals surface area (Å²) < 4.78 is 38.3. The van der Waals surface area contributed by atoms with E-state index in [1.807, 2.05) is 6.92 Å². The van der Waals surface area contributed by atoms with Gasteiger partial charge in [-0.25, -0.2) is 9.97 Å². The van der Waals surface area contributed by atoms with E-state index in [4.69, 9.17) is 0 Å². The lowest BCUT2D eigenvalue weighted by atomic mass is 10.1. The zero-order valence-corrected chi connectivity index (χ0v) is 10.3. The Bertz CT molecular complexity index is 536. The molecule has 0 aliphatic rings. The molecule has 1 N–H and O–H groups in total. The molecule has 0 bridgehead atoms. The van der Waals surface area contributed by atoms with E-state index < -0.39 is 11.7 Å². The first-order chi connectivity index (χ1) is 8.52. The maximum atomic E-state index is 12.8. The number of anilines is 1. The van der Waals surface area contributed by atoms with Crippen molar-refractivity contribution in [1.82, 2.24) is 9.97 Å². The SMILES string of the molecule is CCNc1cc(-c2cscc2C(F)(F)F)ncn1. The molecular formula is C11H10F3N3S. The average molecular weight is 273 g/mol. The molecule has 0 fully saturated rings. The van der Waals surface area contributed by atoms with Gasteiger partial charge in [0.05, 0.1) is 11.3 Å². The van der Waals surface area contributed by atoms with E-state index in [-0.39, 0.29) is 11.3 Å². The maximum absolute atomic E-state index is 12.8. The number of hydrogen-bond acceptors (Lipinski definition) is 4. The minimum atomic E-state index is -4.36. The van der Waals surface area contributed by atoms with Crippen molar-refractivity contribution in [2.45, 2.75) is 13.1 Å². The summed E-state index contributed by atoms with van der Waals surface area (Å²) in [5.74, 6) is 0.516. The van der Waals surface area contributed by atoms with Gasteiger partial charge >= 0.3 is 6.18 Å². The molecular weight excluding hydrogens is 263 g/mol. The van der Waals surface area contributed by atoms with Crippen LogP contribution in [0.1, 0.15) is 12.5 Å². The van der Waals surface area contributed by atoms with Gasteiger partial charge in [0.15, 0.2) is 0 Å². The zero-order chi connectivity index (χ0) is 13.2. The van der Waals surface area contributed by atoms with E-state index in [1.54, 1.807) is 0 Å². The van der Waals surface area contributed by atoms with Crippen LogP contribution in [0.25, 0.3) is 11.3 Å². The highest BCUT2D eigenvalue weighted by Crippen LogP contribution is 2.38. The predicted molar refractivity (Wildman–Crippen MR) is 64.5 cm³/mol. The van der Waals surface area contributed by atoms with E-state index in [0.717, 1.165) is 16.7 Å². The molecule has 18 heavy (non-hydrogen) atoms. The summed E-state index contributed by atoms with van der Waals surface area (Å²) in [5, 5.41) is 5.47. The number of halogens is 3. The summed E-state index contributed by atoms with van der Waals surface area (Å²) in [7, 11) is 0. The molecule has 0 saturated heterocycles.